The Morgan fingerprint density at radius 2 is 1.88 bits per heavy atom. The molecule has 2 aromatic rings. The third kappa shape index (κ3) is 3.21. The molecule has 2 nitrogen and oxygen atoms in total. The number of nitrogens with zero attached hydrogens (tertiary/aromatic N) is 2. The second-order valence-electron chi connectivity index (χ2n) is 3.12. The van der Waals surface area contributed by atoms with Gasteiger partial charge in [-0.25, -0.2) is 4.68 Å². The van der Waals surface area contributed by atoms with Crippen molar-refractivity contribution in [1.82, 2.24) is 9.78 Å². The van der Waals surface area contributed by atoms with Crippen LogP contribution in [0.5, 0.6) is 0 Å². The van der Waals surface area contributed by atoms with Crippen LogP contribution in [0, 0.1) is 0 Å². The largest absolute Gasteiger partial charge is 1.00 e. The SMILES string of the molecule is F[B-](F)(F)c1cccc(-n2cccn2)c1.[K+]. The monoisotopic (exact) mass is 250 g/mol. The fraction of sp³-hybridized carbons (Fsp3) is 0. The molecule has 0 unspecified atom stereocenters. The van der Waals surface area contributed by atoms with Crippen molar-refractivity contribution in [3.05, 3.63) is 42.7 Å². The molecule has 0 bridgehead atoms. The van der Waals surface area contributed by atoms with Gasteiger partial charge >= 0.3 is 58.4 Å². The number of hydrogen-bond donors (Lipinski definition) is 0. The Labute approximate surface area is 133 Å². The first-order chi connectivity index (χ1) is 7.07. The molecule has 1 heterocycles. The summed E-state index contributed by atoms with van der Waals surface area (Å²) in [6.07, 6.45) is 3.12. The van der Waals surface area contributed by atoms with Crippen LogP contribution in [-0.2, 0) is 0 Å². The molecule has 0 atom stereocenters. The molecular formula is C9H7BF3KN2. The van der Waals surface area contributed by atoms with Gasteiger partial charge in [0.2, 0.25) is 0 Å². The Bertz CT molecular complexity index is 456. The molecule has 1 aromatic carbocycles. The second kappa shape index (κ2) is 5.50. The molecule has 0 radical (unpaired) electrons. The van der Waals surface area contributed by atoms with Gasteiger partial charge in [0, 0.05) is 12.4 Å². The van der Waals surface area contributed by atoms with Crippen LogP contribution in [0.4, 0.5) is 12.9 Å². The third-order valence-electron chi connectivity index (χ3n) is 2.02. The molecule has 0 fully saturated rings. The normalized spacial score (nSPS) is 10.9. The van der Waals surface area contributed by atoms with E-state index in [-0.39, 0.29) is 51.4 Å². The van der Waals surface area contributed by atoms with Gasteiger partial charge in [0.05, 0.1) is 5.69 Å². The zero-order valence-electron chi connectivity index (χ0n) is 8.65. The van der Waals surface area contributed by atoms with E-state index in [1.807, 2.05) is 0 Å². The minimum atomic E-state index is -4.95. The first-order valence-electron chi connectivity index (χ1n) is 4.37. The number of rotatable bonds is 2. The zero-order valence-corrected chi connectivity index (χ0v) is 11.8. The molecule has 0 amide bonds. The van der Waals surface area contributed by atoms with E-state index in [2.05, 4.69) is 5.10 Å². The summed E-state index contributed by atoms with van der Waals surface area (Å²) >= 11 is 0. The van der Waals surface area contributed by atoms with E-state index in [9.17, 15) is 12.9 Å². The maximum Gasteiger partial charge on any atom is 1.00 e. The summed E-state index contributed by atoms with van der Waals surface area (Å²) in [4.78, 5) is 0. The average Bonchev–Trinajstić information content (AvgIpc) is 2.69. The van der Waals surface area contributed by atoms with E-state index < -0.39 is 12.4 Å². The summed E-state index contributed by atoms with van der Waals surface area (Å²) in [7, 11) is 0. The molecule has 2 rings (SSSR count). The molecule has 0 aliphatic carbocycles. The van der Waals surface area contributed by atoms with E-state index in [1.54, 1.807) is 18.3 Å². The predicted molar refractivity (Wildman–Crippen MR) is 52.3 cm³/mol. The van der Waals surface area contributed by atoms with Crippen LogP contribution in [0.2, 0.25) is 0 Å². The Morgan fingerprint density at radius 3 is 2.44 bits per heavy atom. The van der Waals surface area contributed by atoms with Crippen LogP contribution in [0.25, 0.3) is 5.69 Å². The van der Waals surface area contributed by atoms with Crippen LogP contribution >= 0.6 is 0 Å². The van der Waals surface area contributed by atoms with Gasteiger partial charge in [-0.2, -0.15) is 5.10 Å². The Morgan fingerprint density at radius 1 is 1.12 bits per heavy atom. The summed E-state index contributed by atoms with van der Waals surface area (Å²) in [6.45, 7) is -4.95. The average molecular weight is 250 g/mol. The maximum absolute atomic E-state index is 12.4. The summed E-state index contributed by atoms with van der Waals surface area (Å²) < 4.78 is 38.7. The summed E-state index contributed by atoms with van der Waals surface area (Å²) in [5, 5.41) is 3.87. The van der Waals surface area contributed by atoms with Gasteiger partial charge < -0.3 is 12.9 Å². The van der Waals surface area contributed by atoms with Crippen LogP contribution in [0.3, 0.4) is 0 Å². The first kappa shape index (κ1) is 14.0. The molecule has 0 aliphatic rings. The van der Waals surface area contributed by atoms with Gasteiger partial charge in [0.15, 0.2) is 0 Å². The molecule has 0 saturated carbocycles. The van der Waals surface area contributed by atoms with Crippen LogP contribution in [-0.4, -0.2) is 16.8 Å². The molecule has 0 saturated heterocycles. The van der Waals surface area contributed by atoms with Gasteiger partial charge in [-0.15, -0.1) is 5.46 Å². The van der Waals surface area contributed by atoms with Gasteiger partial charge in [-0.05, 0) is 12.1 Å². The van der Waals surface area contributed by atoms with Gasteiger partial charge in [-0.3, -0.25) is 0 Å². The standard InChI is InChI=1S/C9H7BF3N2.K/c11-10(12,13)8-3-1-4-9(7-8)15-6-2-5-14-15;/h1-7H;/q-1;+1. The summed E-state index contributed by atoms with van der Waals surface area (Å²) in [5.74, 6) is 0. The van der Waals surface area contributed by atoms with Crippen molar-refractivity contribution in [2.75, 3.05) is 0 Å². The molecule has 0 aliphatic heterocycles. The fourth-order valence-corrected chi connectivity index (χ4v) is 1.29. The minimum Gasteiger partial charge on any atom is -0.445 e. The number of hydrogen-bond acceptors (Lipinski definition) is 1. The van der Waals surface area contributed by atoms with Crippen molar-refractivity contribution in [1.29, 1.82) is 0 Å². The van der Waals surface area contributed by atoms with Crippen LogP contribution in [0.1, 0.15) is 0 Å². The molecular weight excluding hydrogens is 243 g/mol. The number of benzene rings is 1. The van der Waals surface area contributed by atoms with E-state index in [0.717, 1.165) is 12.1 Å². The topological polar surface area (TPSA) is 17.8 Å². The zero-order chi connectivity index (χ0) is 10.9. The fourth-order valence-electron chi connectivity index (χ4n) is 1.29. The first-order valence-corrected chi connectivity index (χ1v) is 4.37. The van der Waals surface area contributed by atoms with Crippen molar-refractivity contribution in [2.24, 2.45) is 0 Å². The minimum absolute atomic E-state index is 0. The predicted octanol–water partition coefficient (Wildman–Crippen LogP) is -1.07. The summed E-state index contributed by atoms with van der Waals surface area (Å²) in [6, 6.07) is 6.77. The summed E-state index contributed by atoms with van der Waals surface area (Å²) in [5.41, 5.74) is -0.195. The van der Waals surface area contributed by atoms with Crippen molar-refractivity contribution >= 4 is 12.4 Å². The van der Waals surface area contributed by atoms with Crippen molar-refractivity contribution in [3.63, 3.8) is 0 Å². The number of halogens is 3. The van der Waals surface area contributed by atoms with E-state index >= 15 is 0 Å². The molecule has 0 spiro atoms. The molecule has 16 heavy (non-hydrogen) atoms. The van der Waals surface area contributed by atoms with Gasteiger partial charge in [0.25, 0.3) is 0 Å². The molecule has 7 heteroatoms. The van der Waals surface area contributed by atoms with Gasteiger partial charge in [-0.1, -0.05) is 18.2 Å². The van der Waals surface area contributed by atoms with Crippen molar-refractivity contribution < 1.29 is 64.3 Å². The maximum atomic E-state index is 12.4. The van der Waals surface area contributed by atoms with Gasteiger partial charge in [0.1, 0.15) is 0 Å². The van der Waals surface area contributed by atoms with Crippen molar-refractivity contribution in [3.8, 4) is 5.69 Å². The number of aromatic nitrogens is 2. The van der Waals surface area contributed by atoms with Crippen LogP contribution in [0.15, 0.2) is 42.7 Å². The Hall–Kier alpha value is -0.0787. The van der Waals surface area contributed by atoms with Crippen molar-refractivity contribution in [2.45, 2.75) is 0 Å². The second-order valence-corrected chi connectivity index (χ2v) is 3.12. The third-order valence-corrected chi connectivity index (χ3v) is 2.02. The quantitative estimate of drug-likeness (QED) is 0.621. The Kier molecular flexibility index (Phi) is 4.81. The molecule has 1 aromatic heterocycles. The smallest absolute Gasteiger partial charge is 0.445 e. The van der Waals surface area contributed by atoms with E-state index in [0.29, 0.717) is 5.69 Å². The van der Waals surface area contributed by atoms with Crippen LogP contribution < -0.4 is 56.8 Å². The Balaban J connectivity index is 0.00000128. The van der Waals surface area contributed by atoms with E-state index in [4.69, 9.17) is 0 Å². The molecule has 0 N–H and O–H groups in total. The molecule has 78 valence electrons. The van der Waals surface area contributed by atoms with E-state index in [1.165, 1.54) is 16.9 Å².